The van der Waals surface area contributed by atoms with Crippen LogP contribution in [0.5, 0.6) is 0 Å². The molecule has 33 heavy (non-hydrogen) atoms. The van der Waals surface area contributed by atoms with E-state index < -0.39 is 69.4 Å². The van der Waals surface area contributed by atoms with E-state index in [1.54, 1.807) is 0 Å². The lowest BCUT2D eigenvalue weighted by molar-refractivity contribution is -0.258. The number of benzene rings is 2. The Bertz CT molecular complexity index is 1040. The van der Waals surface area contributed by atoms with E-state index in [4.69, 9.17) is 4.74 Å². The van der Waals surface area contributed by atoms with Crippen LogP contribution in [0.4, 0.5) is 39.5 Å². The number of carbonyl (C=O) groups is 1. The molecular weight excluding hydrogens is 467 g/mol. The Morgan fingerprint density at radius 2 is 1.06 bits per heavy atom. The molecule has 2 rings (SSSR count). The van der Waals surface area contributed by atoms with E-state index in [0.717, 1.165) is 6.92 Å². The van der Waals surface area contributed by atoms with Crippen molar-refractivity contribution in [2.24, 2.45) is 0 Å². The van der Waals surface area contributed by atoms with E-state index in [1.165, 1.54) is 0 Å². The summed E-state index contributed by atoms with van der Waals surface area (Å²) < 4.78 is 125. The zero-order valence-electron chi connectivity index (χ0n) is 16.5. The van der Waals surface area contributed by atoms with Gasteiger partial charge in [-0.25, -0.2) is 13.6 Å². The van der Waals surface area contributed by atoms with Crippen LogP contribution in [-0.2, 0) is 15.1 Å². The maximum atomic E-state index is 14.4. The van der Waals surface area contributed by atoms with Crippen LogP contribution in [0.1, 0.15) is 29.2 Å². The van der Waals surface area contributed by atoms with Crippen molar-refractivity contribution in [2.45, 2.75) is 18.7 Å². The highest BCUT2D eigenvalue weighted by molar-refractivity contribution is 5.87. The first-order chi connectivity index (χ1) is 15.2. The van der Waals surface area contributed by atoms with Gasteiger partial charge in [-0.2, -0.15) is 30.7 Å². The Hall–Kier alpha value is -3.50. The zero-order valence-corrected chi connectivity index (χ0v) is 16.5. The summed E-state index contributed by atoms with van der Waals surface area (Å²) in [4.78, 5) is 12.1. The number of carbonyl (C=O) groups excluding carboxylic acids is 1. The van der Waals surface area contributed by atoms with Crippen LogP contribution in [0, 0.1) is 0 Å². The van der Waals surface area contributed by atoms with Crippen LogP contribution in [-0.4, -0.2) is 12.1 Å². The molecular formula is C22H13F9O2. The SMILES string of the molecule is C=C(C)C(=O)OC(c1ccc(C(F)=C(F)F)cc1)(c1ccc(C(F)=C(F)F)cc1)C(F)(F)F. The van der Waals surface area contributed by atoms with Crippen molar-refractivity contribution in [3.8, 4) is 0 Å². The molecule has 0 fully saturated rings. The molecule has 11 heteroatoms. The molecule has 0 bridgehead atoms. The molecule has 0 heterocycles. The number of rotatable bonds is 6. The second-order valence-corrected chi connectivity index (χ2v) is 6.65. The molecule has 0 aliphatic carbocycles. The molecule has 0 aliphatic heterocycles. The van der Waals surface area contributed by atoms with Gasteiger partial charge in [0.25, 0.3) is 5.60 Å². The van der Waals surface area contributed by atoms with E-state index in [1.807, 2.05) is 0 Å². The van der Waals surface area contributed by atoms with E-state index >= 15 is 0 Å². The number of hydrogen-bond donors (Lipinski definition) is 0. The van der Waals surface area contributed by atoms with Crippen molar-refractivity contribution in [3.63, 3.8) is 0 Å². The number of alkyl halides is 3. The van der Waals surface area contributed by atoms with Gasteiger partial charge >= 0.3 is 24.3 Å². The molecule has 0 saturated heterocycles. The number of hydrogen-bond acceptors (Lipinski definition) is 2. The van der Waals surface area contributed by atoms with Gasteiger partial charge in [-0.1, -0.05) is 55.1 Å². The van der Waals surface area contributed by atoms with Crippen LogP contribution in [0.2, 0.25) is 0 Å². The monoisotopic (exact) mass is 480 g/mol. The van der Waals surface area contributed by atoms with Gasteiger partial charge in [-0.15, -0.1) is 0 Å². The third kappa shape index (κ3) is 5.12. The van der Waals surface area contributed by atoms with Gasteiger partial charge in [0, 0.05) is 27.8 Å². The van der Waals surface area contributed by atoms with Gasteiger partial charge < -0.3 is 4.74 Å². The summed E-state index contributed by atoms with van der Waals surface area (Å²) in [6, 6.07) is 4.84. The largest absolute Gasteiger partial charge is 0.437 e. The quantitative estimate of drug-likeness (QED) is 0.241. The molecule has 2 aromatic rings. The maximum Gasteiger partial charge on any atom is 0.437 e. The fourth-order valence-electron chi connectivity index (χ4n) is 2.82. The molecule has 0 unspecified atom stereocenters. The van der Waals surface area contributed by atoms with Gasteiger partial charge in [0.2, 0.25) is 0 Å². The molecule has 0 N–H and O–H groups in total. The standard InChI is InChI=1S/C22H13F9O2/c1-11(2)20(32)33-21(22(29,30)31,14-7-3-12(4-8-14)16(23)18(25)26)15-9-5-13(6-10-15)17(24)19(27)28/h3-10H,1H2,2H3. The zero-order chi connectivity index (χ0) is 25.1. The molecule has 0 saturated carbocycles. The fraction of sp³-hybridized carbons (Fsp3) is 0.136. The van der Waals surface area contributed by atoms with E-state index in [9.17, 15) is 44.3 Å². The van der Waals surface area contributed by atoms with Crippen molar-refractivity contribution in [2.75, 3.05) is 0 Å². The highest BCUT2D eigenvalue weighted by atomic mass is 19.4. The summed E-state index contributed by atoms with van der Waals surface area (Å²) in [5.74, 6) is -5.45. The summed E-state index contributed by atoms with van der Waals surface area (Å²) in [5, 5.41) is 0. The van der Waals surface area contributed by atoms with Crippen molar-refractivity contribution in [3.05, 3.63) is 95.1 Å². The van der Waals surface area contributed by atoms with Crippen molar-refractivity contribution in [1.29, 1.82) is 0 Å². The topological polar surface area (TPSA) is 26.3 Å². The summed E-state index contributed by atoms with van der Waals surface area (Å²) in [7, 11) is 0. The maximum absolute atomic E-state index is 14.4. The van der Waals surface area contributed by atoms with Gasteiger partial charge in [0.05, 0.1) is 0 Å². The van der Waals surface area contributed by atoms with Crippen LogP contribution in [0.25, 0.3) is 11.7 Å². The Kier molecular flexibility index (Phi) is 7.46. The van der Waals surface area contributed by atoms with Gasteiger partial charge in [-0.05, 0) is 6.92 Å². The fourth-order valence-corrected chi connectivity index (χ4v) is 2.82. The molecule has 0 spiro atoms. The number of esters is 1. The average molecular weight is 480 g/mol. The Labute approximate surface area is 181 Å². The summed E-state index contributed by atoms with van der Waals surface area (Å²) in [5.41, 5.74) is -7.19. The highest BCUT2D eigenvalue weighted by Crippen LogP contribution is 2.48. The van der Waals surface area contributed by atoms with Gasteiger partial charge in [0.15, 0.2) is 11.7 Å². The lowest BCUT2D eigenvalue weighted by Crippen LogP contribution is -2.47. The minimum atomic E-state index is -5.40. The molecule has 2 nitrogen and oxygen atoms in total. The highest BCUT2D eigenvalue weighted by Gasteiger charge is 2.61. The molecule has 0 amide bonds. The molecule has 176 valence electrons. The molecule has 0 atom stereocenters. The normalized spacial score (nSPS) is 11.6. The summed E-state index contributed by atoms with van der Waals surface area (Å²) in [6.07, 6.45) is -10.8. The minimum Gasteiger partial charge on any atom is -0.436 e. The Morgan fingerprint density at radius 3 is 1.30 bits per heavy atom. The first-order valence-corrected chi connectivity index (χ1v) is 8.81. The lowest BCUT2D eigenvalue weighted by atomic mass is 9.84. The Balaban J connectivity index is 2.80. The first kappa shape index (κ1) is 25.8. The van der Waals surface area contributed by atoms with Crippen LogP contribution < -0.4 is 0 Å². The first-order valence-electron chi connectivity index (χ1n) is 8.81. The molecule has 0 radical (unpaired) electrons. The summed E-state index contributed by atoms with van der Waals surface area (Å²) >= 11 is 0. The van der Waals surface area contributed by atoms with Crippen molar-refractivity contribution < 1.29 is 49.0 Å². The molecule has 0 aromatic heterocycles. The predicted octanol–water partition coefficient (Wildman–Crippen LogP) is 7.68. The smallest absolute Gasteiger partial charge is 0.436 e. The van der Waals surface area contributed by atoms with Crippen LogP contribution >= 0.6 is 0 Å². The second-order valence-electron chi connectivity index (χ2n) is 6.65. The molecule has 0 aliphatic rings. The number of ether oxygens (including phenoxy) is 1. The van der Waals surface area contributed by atoms with E-state index in [0.29, 0.717) is 48.5 Å². The van der Waals surface area contributed by atoms with Crippen LogP contribution in [0.15, 0.2) is 72.8 Å². The Morgan fingerprint density at radius 1 is 0.727 bits per heavy atom. The number of halogens is 9. The molecule has 2 aromatic carbocycles. The van der Waals surface area contributed by atoms with Gasteiger partial charge in [-0.3, -0.25) is 0 Å². The third-order valence-corrected chi connectivity index (χ3v) is 4.42. The average Bonchev–Trinajstić information content (AvgIpc) is 2.75. The lowest BCUT2D eigenvalue weighted by Gasteiger charge is -2.36. The van der Waals surface area contributed by atoms with E-state index in [2.05, 4.69) is 6.58 Å². The third-order valence-electron chi connectivity index (χ3n) is 4.42. The van der Waals surface area contributed by atoms with Crippen molar-refractivity contribution >= 4 is 17.6 Å². The minimum absolute atomic E-state index is 0.432. The van der Waals surface area contributed by atoms with Gasteiger partial charge in [0.1, 0.15) is 0 Å². The summed E-state index contributed by atoms with van der Waals surface area (Å²) in [6.45, 7) is 4.26. The second kappa shape index (κ2) is 9.55. The van der Waals surface area contributed by atoms with Crippen molar-refractivity contribution in [1.82, 2.24) is 0 Å². The van der Waals surface area contributed by atoms with E-state index in [-0.39, 0.29) is 0 Å². The van der Waals surface area contributed by atoms with Crippen LogP contribution in [0.3, 0.4) is 0 Å². The predicted molar refractivity (Wildman–Crippen MR) is 101 cm³/mol.